The summed E-state index contributed by atoms with van der Waals surface area (Å²) in [4.78, 5) is 4.68. The fourth-order valence-electron chi connectivity index (χ4n) is 2.68. The van der Waals surface area contributed by atoms with E-state index in [2.05, 4.69) is 4.99 Å². The second-order valence-electron chi connectivity index (χ2n) is 5.74. The Balaban J connectivity index is 1.77. The van der Waals surface area contributed by atoms with E-state index in [1.54, 1.807) is 40.9 Å². The minimum Gasteiger partial charge on any atom is -0.256 e. The fraction of sp³-hybridized carbons (Fsp3) is 0.278. The maximum absolute atomic E-state index is 12.6. The lowest BCUT2D eigenvalue weighted by molar-refractivity contribution is 0.346. The number of hydrogen-bond acceptors (Lipinski definition) is 3. The SMILES string of the molecule is O=S(=O)(c1ccc(N=Cc2ccccc2Cl)cc1)N1CCCCC1. The summed E-state index contributed by atoms with van der Waals surface area (Å²) >= 11 is 6.09. The van der Waals surface area contributed by atoms with Crippen molar-refractivity contribution in [1.29, 1.82) is 0 Å². The van der Waals surface area contributed by atoms with Crippen molar-refractivity contribution < 1.29 is 8.42 Å². The molecule has 0 radical (unpaired) electrons. The third-order valence-electron chi connectivity index (χ3n) is 4.05. The Morgan fingerprint density at radius 3 is 2.29 bits per heavy atom. The van der Waals surface area contributed by atoms with Crippen LogP contribution in [-0.2, 0) is 10.0 Å². The first-order valence-corrected chi connectivity index (χ1v) is 9.78. The predicted molar refractivity (Wildman–Crippen MR) is 97.8 cm³/mol. The van der Waals surface area contributed by atoms with Crippen molar-refractivity contribution in [2.24, 2.45) is 4.99 Å². The van der Waals surface area contributed by atoms with Gasteiger partial charge in [0.2, 0.25) is 10.0 Å². The summed E-state index contributed by atoms with van der Waals surface area (Å²) in [6.07, 6.45) is 4.64. The molecule has 2 aromatic carbocycles. The van der Waals surface area contributed by atoms with Gasteiger partial charge in [-0.05, 0) is 43.2 Å². The van der Waals surface area contributed by atoms with Crippen molar-refractivity contribution in [2.75, 3.05) is 13.1 Å². The number of rotatable bonds is 4. The van der Waals surface area contributed by atoms with Gasteiger partial charge < -0.3 is 0 Å². The Morgan fingerprint density at radius 1 is 0.958 bits per heavy atom. The van der Waals surface area contributed by atoms with Crippen LogP contribution in [0.5, 0.6) is 0 Å². The summed E-state index contributed by atoms with van der Waals surface area (Å²) in [5.74, 6) is 0. The molecule has 4 nitrogen and oxygen atoms in total. The van der Waals surface area contributed by atoms with Gasteiger partial charge in [0.1, 0.15) is 0 Å². The van der Waals surface area contributed by atoms with Crippen molar-refractivity contribution in [3.63, 3.8) is 0 Å². The molecule has 0 unspecified atom stereocenters. The summed E-state index contributed by atoms with van der Waals surface area (Å²) in [5.41, 5.74) is 1.51. The highest BCUT2D eigenvalue weighted by Gasteiger charge is 2.25. The predicted octanol–water partition coefficient (Wildman–Crippen LogP) is 4.27. The fourth-order valence-corrected chi connectivity index (χ4v) is 4.38. The molecule has 3 rings (SSSR count). The van der Waals surface area contributed by atoms with Crippen LogP contribution in [0.2, 0.25) is 5.02 Å². The quantitative estimate of drug-likeness (QED) is 0.763. The number of aliphatic imine (C=N–C) groups is 1. The molecule has 1 aliphatic rings. The second-order valence-corrected chi connectivity index (χ2v) is 8.08. The highest BCUT2D eigenvalue weighted by Crippen LogP contribution is 2.23. The van der Waals surface area contributed by atoms with Crippen LogP contribution >= 0.6 is 11.6 Å². The normalized spacial score (nSPS) is 16.5. The van der Waals surface area contributed by atoms with Crippen LogP contribution in [0.1, 0.15) is 24.8 Å². The Hall–Kier alpha value is -1.69. The van der Waals surface area contributed by atoms with Gasteiger partial charge in [-0.3, -0.25) is 4.99 Å². The smallest absolute Gasteiger partial charge is 0.243 e. The maximum atomic E-state index is 12.6. The zero-order valence-electron chi connectivity index (χ0n) is 13.2. The molecule has 2 aromatic rings. The molecule has 0 aromatic heterocycles. The van der Waals surface area contributed by atoms with Gasteiger partial charge in [-0.1, -0.05) is 36.2 Å². The van der Waals surface area contributed by atoms with E-state index < -0.39 is 10.0 Å². The monoisotopic (exact) mass is 362 g/mol. The Kier molecular flexibility index (Phi) is 5.33. The van der Waals surface area contributed by atoms with E-state index in [1.807, 2.05) is 18.2 Å². The number of halogens is 1. The molecule has 0 saturated carbocycles. The lowest BCUT2D eigenvalue weighted by atomic mass is 10.2. The van der Waals surface area contributed by atoms with Crippen LogP contribution in [0, 0.1) is 0 Å². The van der Waals surface area contributed by atoms with Crippen molar-refractivity contribution in [2.45, 2.75) is 24.2 Å². The van der Waals surface area contributed by atoms with Crippen molar-refractivity contribution in [1.82, 2.24) is 4.31 Å². The number of sulfonamides is 1. The zero-order chi connectivity index (χ0) is 17.0. The first kappa shape index (κ1) is 17.1. The van der Waals surface area contributed by atoms with Gasteiger partial charge in [0.15, 0.2) is 0 Å². The standard InChI is InChI=1S/C18H19ClN2O2S/c19-18-7-3-2-6-15(18)14-20-16-8-10-17(11-9-16)24(22,23)21-12-4-1-5-13-21/h2-3,6-11,14H,1,4-5,12-13H2. The first-order valence-electron chi connectivity index (χ1n) is 7.96. The van der Waals surface area contributed by atoms with E-state index in [1.165, 1.54) is 0 Å². The molecule has 1 fully saturated rings. The zero-order valence-corrected chi connectivity index (χ0v) is 14.8. The molecule has 0 N–H and O–H groups in total. The molecule has 0 amide bonds. The van der Waals surface area contributed by atoms with E-state index >= 15 is 0 Å². The number of nitrogens with zero attached hydrogens (tertiary/aromatic N) is 2. The van der Waals surface area contributed by atoms with Gasteiger partial charge in [0, 0.05) is 29.9 Å². The third-order valence-corrected chi connectivity index (χ3v) is 6.30. The van der Waals surface area contributed by atoms with Crippen LogP contribution in [0.25, 0.3) is 0 Å². The van der Waals surface area contributed by atoms with E-state index in [-0.39, 0.29) is 0 Å². The average Bonchev–Trinajstić information content (AvgIpc) is 2.62. The van der Waals surface area contributed by atoms with Gasteiger partial charge in [-0.25, -0.2) is 8.42 Å². The Labute approximate surface area is 147 Å². The summed E-state index contributed by atoms with van der Waals surface area (Å²) in [5, 5.41) is 0.630. The minimum absolute atomic E-state index is 0.320. The largest absolute Gasteiger partial charge is 0.256 e. The van der Waals surface area contributed by atoms with E-state index in [4.69, 9.17) is 11.6 Å². The lowest BCUT2D eigenvalue weighted by Gasteiger charge is -2.25. The van der Waals surface area contributed by atoms with Crippen molar-refractivity contribution in [3.05, 3.63) is 59.1 Å². The van der Waals surface area contributed by atoms with E-state index in [0.717, 1.165) is 24.8 Å². The molecule has 1 aliphatic heterocycles. The maximum Gasteiger partial charge on any atom is 0.243 e. The molecule has 0 aliphatic carbocycles. The van der Waals surface area contributed by atoms with Crippen molar-refractivity contribution in [3.8, 4) is 0 Å². The van der Waals surface area contributed by atoms with E-state index in [9.17, 15) is 8.42 Å². The first-order chi connectivity index (χ1) is 11.6. The second kappa shape index (κ2) is 7.47. The van der Waals surface area contributed by atoms with Crippen LogP contribution in [0.15, 0.2) is 58.4 Å². The molecule has 0 spiro atoms. The molecule has 1 saturated heterocycles. The van der Waals surface area contributed by atoms with Gasteiger partial charge in [-0.2, -0.15) is 4.31 Å². The highest BCUT2D eigenvalue weighted by molar-refractivity contribution is 7.89. The third kappa shape index (κ3) is 3.86. The van der Waals surface area contributed by atoms with Crippen LogP contribution in [0.3, 0.4) is 0 Å². The van der Waals surface area contributed by atoms with Gasteiger partial charge in [0.05, 0.1) is 10.6 Å². The van der Waals surface area contributed by atoms with Crippen LogP contribution in [-0.4, -0.2) is 32.0 Å². The lowest BCUT2D eigenvalue weighted by Crippen LogP contribution is -2.35. The Bertz CT molecular complexity index is 826. The van der Waals surface area contributed by atoms with Crippen LogP contribution in [0.4, 0.5) is 5.69 Å². The van der Waals surface area contributed by atoms with Gasteiger partial charge in [-0.15, -0.1) is 0 Å². The molecule has 24 heavy (non-hydrogen) atoms. The number of benzene rings is 2. The molecule has 0 bridgehead atoms. The molecular formula is C18H19ClN2O2S. The highest BCUT2D eigenvalue weighted by atomic mass is 35.5. The summed E-state index contributed by atoms with van der Waals surface area (Å²) in [6.45, 7) is 1.21. The molecule has 126 valence electrons. The van der Waals surface area contributed by atoms with Crippen molar-refractivity contribution >= 4 is 33.5 Å². The molecule has 1 heterocycles. The number of hydrogen-bond donors (Lipinski definition) is 0. The summed E-state index contributed by atoms with van der Waals surface area (Å²) < 4.78 is 26.8. The van der Waals surface area contributed by atoms with Crippen LogP contribution < -0.4 is 0 Å². The molecule has 0 atom stereocenters. The Morgan fingerprint density at radius 2 is 1.62 bits per heavy atom. The molecular weight excluding hydrogens is 344 g/mol. The average molecular weight is 363 g/mol. The summed E-state index contributed by atoms with van der Waals surface area (Å²) in [7, 11) is -3.39. The topological polar surface area (TPSA) is 49.7 Å². The summed E-state index contributed by atoms with van der Waals surface area (Å²) in [6, 6.07) is 14.1. The van der Waals surface area contributed by atoms with E-state index in [0.29, 0.717) is 28.7 Å². The molecule has 6 heteroatoms. The van der Waals surface area contributed by atoms with Gasteiger partial charge in [0.25, 0.3) is 0 Å². The number of piperidine rings is 1. The minimum atomic E-state index is -3.39. The van der Waals surface area contributed by atoms with Gasteiger partial charge >= 0.3 is 0 Å².